The molecule has 0 aromatic rings. The average Bonchev–Trinajstić information content (AvgIpc) is 2.67. The second-order valence-electron chi connectivity index (χ2n) is 7.02. The summed E-state index contributed by atoms with van der Waals surface area (Å²) in [5, 5.41) is 35.5. The van der Waals surface area contributed by atoms with Crippen LogP contribution in [0.2, 0.25) is 0 Å². The zero-order valence-corrected chi connectivity index (χ0v) is 20.3. The maximum absolute atomic E-state index is 11.9. The van der Waals surface area contributed by atoms with E-state index in [2.05, 4.69) is 5.32 Å². The first kappa shape index (κ1) is 29.9. The molecular formula is C18H27N5O8Re-4. The molecule has 1 amide bonds. The van der Waals surface area contributed by atoms with E-state index in [1.807, 2.05) is 0 Å². The molecule has 0 unspecified atom stereocenters. The van der Waals surface area contributed by atoms with Gasteiger partial charge >= 0.3 is 0 Å². The van der Waals surface area contributed by atoms with Gasteiger partial charge in [0.25, 0.3) is 0 Å². The van der Waals surface area contributed by atoms with Crippen molar-refractivity contribution in [1.29, 1.82) is 0 Å². The number of aliphatic carboxylic acids is 3. The minimum absolute atomic E-state index is 0. The Labute approximate surface area is 199 Å². The van der Waals surface area contributed by atoms with E-state index in [0.717, 1.165) is 0 Å². The standard InChI is InChI=1S/C18H30N5O8.Re/c24-10-1-19-15(25)11-20-2-4-21(12-16(26)27)6-8-23(14-18(30)31)9-7-22(5-3-20)13-17(28)29;/h10-11H,1-9,12-14H2,(H,19,25)(H,26,27)(H,28,29)(H,30,31);/q-1;/p-3. The summed E-state index contributed by atoms with van der Waals surface area (Å²) in [5.74, 6) is -4.40. The Morgan fingerprint density at radius 3 is 1.38 bits per heavy atom. The topological polar surface area (TPSA) is 180 Å². The van der Waals surface area contributed by atoms with E-state index in [4.69, 9.17) is 0 Å². The fourth-order valence-electron chi connectivity index (χ4n) is 3.06. The molecule has 0 bridgehead atoms. The summed E-state index contributed by atoms with van der Waals surface area (Å²) >= 11 is 0. The Morgan fingerprint density at radius 2 is 1.06 bits per heavy atom. The van der Waals surface area contributed by atoms with Crippen LogP contribution in [0.1, 0.15) is 0 Å². The molecule has 1 N–H and O–H groups in total. The monoisotopic (exact) mass is 628 g/mol. The number of amides is 1. The normalized spacial score (nSPS) is 17.8. The van der Waals surface area contributed by atoms with Crippen molar-refractivity contribution in [3.05, 3.63) is 6.54 Å². The van der Waals surface area contributed by atoms with Crippen molar-refractivity contribution in [2.24, 2.45) is 0 Å². The minimum atomic E-state index is -1.30. The number of nitrogens with one attached hydrogen (secondary N) is 1. The molecule has 1 aliphatic rings. The van der Waals surface area contributed by atoms with Gasteiger partial charge in [0.05, 0.1) is 30.4 Å². The Hall–Kier alpha value is -2.08. The fraction of sp³-hybridized carbons (Fsp3) is 0.667. The van der Waals surface area contributed by atoms with Gasteiger partial charge in [-0.05, 0) is 13.1 Å². The summed E-state index contributed by atoms with van der Waals surface area (Å²) in [4.78, 5) is 61.8. The van der Waals surface area contributed by atoms with Crippen molar-refractivity contribution >= 4 is 30.1 Å². The molecule has 0 aliphatic carbocycles. The van der Waals surface area contributed by atoms with Gasteiger partial charge in [-0.25, -0.2) is 6.54 Å². The maximum Gasteiger partial charge on any atom is 0.139 e. The molecular weight excluding hydrogens is 600 g/mol. The van der Waals surface area contributed by atoms with Crippen LogP contribution in [0.4, 0.5) is 0 Å². The Kier molecular flexibility index (Phi) is 15.5. The fourth-order valence-corrected chi connectivity index (χ4v) is 3.06. The van der Waals surface area contributed by atoms with Gasteiger partial charge in [0, 0.05) is 79.3 Å². The summed E-state index contributed by atoms with van der Waals surface area (Å²) in [6, 6.07) is 0. The first-order valence-electron chi connectivity index (χ1n) is 9.76. The Bertz CT molecular complexity index is 606. The van der Waals surface area contributed by atoms with E-state index in [0.29, 0.717) is 6.29 Å². The van der Waals surface area contributed by atoms with E-state index >= 15 is 0 Å². The Balaban J connectivity index is 0.00000961. The van der Waals surface area contributed by atoms with Crippen LogP contribution in [0, 0.1) is 6.54 Å². The van der Waals surface area contributed by atoms with E-state index in [1.165, 1.54) is 11.4 Å². The smallest absolute Gasteiger partial charge is 0.139 e. The number of aldehydes is 1. The zero-order valence-electron chi connectivity index (χ0n) is 17.6. The van der Waals surface area contributed by atoms with Crippen LogP contribution in [0.15, 0.2) is 0 Å². The quantitative estimate of drug-likeness (QED) is 0.179. The van der Waals surface area contributed by atoms with Gasteiger partial charge in [0.1, 0.15) is 6.29 Å². The maximum atomic E-state index is 11.9. The van der Waals surface area contributed by atoms with Crippen molar-refractivity contribution in [2.45, 2.75) is 0 Å². The van der Waals surface area contributed by atoms with Crippen molar-refractivity contribution in [3.63, 3.8) is 0 Å². The molecule has 1 heterocycles. The third-order valence-electron chi connectivity index (χ3n) is 4.59. The number of rotatable bonds is 10. The van der Waals surface area contributed by atoms with Gasteiger partial charge in [-0.3, -0.25) is 14.7 Å². The molecule has 1 aliphatic heterocycles. The molecule has 14 heteroatoms. The average molecular weight is 628 g/mol. The second kappa shape index (κ2) is 16.5. The molecule has 0 saturated carbocycles. The molecule has 1 rings (SSSR count). The summed E-state index contributed by atoms with van der Waals surface area (Å²) in [5.41, 5.74) is 0. The van der Waals surface area contributed by atoms with Crippen LogP contribution in [0.3, 0.4) is 0 Å². The SMILES string of the molecule is O=CCNC(=O)[CH-]N1CCN(CC(=O)[O-])CCN(CC(=O)[O-])CCN(CC(=O)[O-])CC1.[Re]. The van der Waals surface area contributed by atoms with E-state index in [-0.39, 0.29) is 99.0 Å². The number of carbonyl (C=O) groups is 5. The van der Waals surface area contributed by atoms with E-state index in [1.54, 1.807) is 14.7 Å². The van der Waals surface area contributed by atoms with Crippen LogP contribution >= 0.6 is 0 Å². The number of nitrogens with zero attached hydrogens (tertiary/aromatic N) is 4. The summed E-state index contributed by atoms with van der Waals surface area (Å²) in [6.45, 7) is 1.74. The van der Waals surface area contributed by atoms with E-state index in [9.17, 15) is 39.3 Å². The molecule has 32 heavy (non-hydrogen) atoms. The van der Waals surface area contributed by atoms with Crippen LogP contribution in [-0.4, -0.2) is 128 Å². The molecule has 0 aromatic carbocycles. The van der Waals surface area contributed by atoms with Gasteiger partial charge < -0.3 is 49.5 Å². The molecule has 183 valence electrons. The Morgan fingerprint density at radius 1 is 0.719 bits per heavy atom. The zero-order chi connectivity index (χ0) is 23.2. The molecule has 0 atom stereocenters. The predicted octanol–water partition coefficient (Wildman–Crippen LogP) is -7.07. The van der Waals surface area contributed by atoms with Crippen LogP contribution < -0.4 is 20.6 Å². The van der Waals surface area contributed by atoms with Crippen LogP contribution in [-0.2, 0) is 44.4 Å². The largest absolute Gasteiger partial charge is 0.549 e. The number of hydrogen-bond acceptors (Lipinski definition) is 12. The van der Waals surface area contributed by atoms with Crippen molar-refractivity contribution in [1.82, 2.24) is 24.9 Å². The van der Waals surface area contributed by atoms with Crippen LogP contribution in [0.25, 0.3) is 0 Å². The number of hydrogen-bond donors (Lipinski definition) is 1. The van der Waals surface area contributed by atoms with Crippen LogP contribution in [0.5, 0.6) is 0 Å². The van der Waals surface area contributed by atoms with Gasteiger partial charge in [-0.1, -0.05) is 0 Å². The summed E-state index contributed by atoms with van der Waals surface area (Å²) in [6.07, 6.45) is 0.531. The van der Waals surface area contributed by atoms with Crippen molar-refractivity contribution < 1.29 is 59.7 Å². The third-order valence-corrected chi connectivity index (χ3v) is 4.59. The molecule has 0 spiro atoms. The first-order valence-corrected chi connectivity index (χ1v) is 9.76. The van der Waals surface area contributed by atoms with Gasteiger partial charge in [-0.2, -0.15) is 0 Å². The summed E-state index contributed by atoms with van der Waals surface area (Å²) < 4.78 is 0. The molecule has 1 fully saturated rings. The van der Waals surface area contributed by atoms with Gasteiger partial charge in [0.2, 0.25) is 0 Å². The third kappa shape index (κ3) is 14.1. The molecule has 1 saturated heterocycles. The van der Waals surface area contributed by atoms with Gasteiger partial charge in [0.15, 0.2) is 0 Å². The molecule has 1 radical (unpaired) electrons. The molecule has 0 aromatic heterocycles. The number of carbonyl (C=O) groups excluding carboxylic acids is 5. The molecule has 13 nitrogen and oxygen atoms in total. The first-order chi connectivity index (χ1) is 14.7. The van der Waals surface area contributed by atoms with Crippen molar-refractivity contribution in [2.75, 3.05) is 78.5 Å². The second-order valence-corrected chi connectivity index (χ2v) is 7.02. The van der Waals surface area contributed by atoms with E-state index < -0.39 is 23.8 Å². The van der Waals surface area contributed by atoms with Gasteiger partial charge in [-0.15, -0.1) is 0 Å². The summed E-state index contributed by atoms with van der Waals surface area (Å²) in [7, 11) is 0. The van der Waals surface area contributed by atoms with Crippen molar-refractivity contribution in [3.8, 4) is 0 Å². The number of carboxylic acids is 3. The predicted molar refractivity (Wildman–Crippen MR) is 99.3 cm³/mol. The number of carboxylic acid groups (broad SMARTS) is 3. The minimum Gasteiger partial charge on any atom is -0.549 e.